The highest BCUT2D eigenvalue weighted by molar-refractivity contribution is 6.30. The Balaban J connectivity index is 1.62. The van der Waals surface area contributed by atoms with Crippen molar-refractivity contribution >= 4 is 29.3 Å². The summed E-state index contributed by atoms with van der Waals surface area (Å²) in [4.78, 5) is 42.1. The van der Waals surface area contributed by atoms with Crippen molar-refractivity contribution in [2.75, 3.05) is 26.2 Å². The van der Waals surface area contributed by atoms with Crippen LogP contribution >= 0.6 is 11.6 Å². The Hall–Kier alpha value is -2.86. The maximum atomic E-state index is 13.2. The van der Waals surface area contributed by atoms with Gasteiger partial charge < -0.3 is 15.1 Å². The summed E-state index contributed by atoms with van der Waals surface area (Å²) in [5, 5.41) is 3.50. The lowest BCUT2D eigenvalue weighted by Crippen LogP contribution is -2.57. The number of benzene rings is 2. The van der Waals surface area contributed by atoms with Crippen LogP contribution in [-0.2, 0) is 4.79 Å². The van der Waals surface area contributed by atoms with E-state index in [9.17, 15) is 14.4 Å². The Bertz CT molecular complexity index is 951. The molecule has 7 heteroatoms. The van der Waals surface area contributed by atoms with Gasteiger partial charge in [-0.25, -0.2) is 0 Å². The minimum absolute atomic E-state index is 0.0609. The lowest BCUT2D eigenvalue weighted by atomic mass is 10.0. The number of carbonyl (C=O) groups is 3. The number of amides is 3. The molecule has 1 unspecified atom stereocenters. The maximum absolute atomic E-state index is 13.2. The molecule has 1 atom stereocenters. The van der Waals surface area contributed by atoms with Gasteiger partial charge in [-0.05, 0) is 48.7 Å². The third-order valence-electron chi connectivity index (χ3n) is 5.58. The topological polar surface area (TPSA) is 69.7 Å². The van der Waals surface area contributed by atoms with Crippen LogP contribution in [0.2, 0.25) is 5.02 Å². The van der Waals surface area contributed by atoms with Crippen LogP contribution < -0.4 is 5.32 Å². The Labute approximate surface area is 188 Å². The molecule has 1 fully saturated rings. The molecule has 1 heterocycles. The van der Waals surface area contributed by atoms with Gasteiger partial charge in [0.1, 0.15) is 6.04 Å². The quantitative estimate of drug-likeness (QED) is 0.773. The molecule has 0 aromatic heterocycles. The van der Waals surface area contributed by atoms with Crippen molar-refractivity contribution in [3.63, 3.8) is 0 Å². The predicted octanol–water partition coefficient (Wildman–Crippen LogP) is 3.39. The Morgan fingerprint density at radius 3 is 2.06 bits per heavy atom. The third-order valence-corrected chi connectivity index (χ3v) is 5.83. The molecular formula is C24H28ClN3O3. The SMILES string of the molecule is Cc1ccccc1C(=O)NC(C(=O)N1CCN(C(=O)c2ccc(Cl)cc2)CC1)C(C)C. The van der Waals surface area contributed by atoms with Gasteiger partial charge in [0.25, 0.3) is 11.8 Å². The lowest BCUT2D eigenvalue weighted by molar-refractivity contribution is -0.135. The van der Waals surface area contributed by atoms with E-state index in [0.29, 0.717) is 42.3 Å². The van der Waals surface area contributed by atoms with Crippen LogP contribution in [0.25, 0.3) is 0 Å². The van der Waals surface area contributed by atoms with Gasteiger partial charge in [0.05, 0.1) is 0 Å². The zero-order valence-corrected chi connectivity index (χ0v) is 18.9. The molecule has 0 bridgehead atoms. The number of carbonyl (C=O) groups excluding carboxylic acids is 3. The molecule has 164 valence electrons. The van der Waals surface area contributed by atoms with Crippen LogP contribution in [0.1, 0.15) is 40.1 Å². The summed E-state index contributed by atoms with van der Waals surface area (Å²) in [5.74, 6) is -0.497. The molecule has 0 aliphatic carbocycles. The summed E-state index contributed by atoms with van der Waals surface area (Å²) >= 11 is 5.90. The summed E-state index contributed by atoms with van der Waals surface area (Å²) < 4.78 is 0. The van der Waals surface area contributed by atoms with Gasteiger partial charge in [0.2, 0.25) is 5.91 Å². The average Bonchev–Trinajstić information content (AvgIpc) is 2.77. The minimum Gasteiger partial charge on any atom is -0.340 e. The van der Waals surface area contributed by atoms with E-state index >= 15 is 0 Å². The minimum atomic E-state index is -0.620. The molecule has 1 saturated heterocycles. The predicted molar refractivity (Wildman–Crippen MR) is 121 cm³/mol. The Morgan fingerprint density at radius 2 is 1.48 bits per heavy atom. The van der Waals surface area contributed by atoms with Crippen molar-refractivity contribution in [3.05, 3.63) is 70.2 Å². The number of hydrogen-bond donors (Lipinski definition) is 1. The molecule has 1 aliphatic heterocycles. The number of nitrogens with one attached hydrogen (secondary N) is 1. The second-order valence-electron chi connectivity index (χ2n) is 8.13. The van der Waals surface area contributed by atoms with Crippen LogP contribution in [0.3, 0.4) is 0 Å². The number of halogens is 1. The van der Waals surface area contributed by atoms with E-state index in [1.54, 1.807) is 40.1 Å². The van der Waals surface area contributed by atoms with E-state index in [0.717, 1.165) is 5.56 Å². The van der Waals surface area contributed by atoms with E-state index in [-0.39, 0.29) is 23.6 Å². The highest BCUT2D eigenvalue weighted by Crippen LogP contribution is 2.15. The van der Waals surface area contributed by atoms with Gasteiger partial charge in [0.15, 0.2) is 0 Å². The summed E-state index contributed by atoms with van der Waals surface area (Å²) in [6.07, 6.45) is 0. The highest BCUT2D eigenvalue weighted by atomic mass is 35.5. The molecule has 3 rings (SSSR count). The molecule has 6 nitrogen and oxygen atoms in total. The van der Waals surface area contributed by atoms with E-state index in [1.807, 2.05) is 39.0 Å². The monoisotopic (exact) mass is 441 g/mol. The Kier molecular flexibility index (Phi) is 7.33. The molecule has 0 radical (unpaired) electrons. The molecule has 2 aromatic carbocycles. The van der Waals surface area contributed by atoms with E-state index in [2.05, 4.69) is 5.32 Å². The molecule has 0 spiro atoms. The number of aryl methyl sites for hydroxylation is 1. The summed E-state index contributed by atoms with van der Waals surface area (Å²) in [6.45, 7) is 7.47. The van der Waals surface area contributed by atoms with Gasteiger partial charge >= 0.3 is 0 Å². The van der Waals surface area contributed by atoms with Crippen molar-refractivity contribution in [1.82, 2.24) is 15.1 Å². The number of nitrogens with zero attached hydrogens (tertiary/aromatic N) is 2. The summed E-state index contributed by atoms with van der Waals surface area (Å²) in [7, 11) is 0. The van der Waals surface area contributed by atoms with Crippen LogP contribution in [0.15, 0.2) is 48.5 Å². The van der Waals surface area contributed by atoms with Crippen molar-refractivity contribution in [2.24, 2.45) is 5.92 Å². The smallest absolute Gasteiger partial charge is 0.253 e. The van der Waals surface area contributed by atoms with Crippen LogP contribution in [-0.4, -0.2) is 59.7 Å². The molecule has 0 saturated carbocycles. The highest BCUT2D eigenvalue weighted by Gasteiger charge is 2.32. The molecule has 31 heavy (non-hydrogen) atoms. The lowest BCUT2D eigenvalue weighted by Gasteiger charge is -2.37. The third kappa shape index (κ3) is 5.44. The number of rotatable bonds is 5. The normalized spacial score (nSPS) is 15.0. The zero-order valence-electron chi connectivity index (χ0n) is 18.1. The Morgan fingerprint density at radius 1 is 0.903 bits per heavy atom. The second kappa shape index (κ2) is 9.96. The van der Waals surface area contributed by atoms with Gasteiger partial charge in [-0.15, -0.1) is 0 Å². The standard InChI is InChI=1S/C24H28ClN3O3/c1-16(2)21(26-22(29)20-7-5-4-6-17(20)3)24(31)28-14-12-27(13-15-28)23(30)18-8-10-19(25)11-9-18/h4-11,16,21H,12-15H2,1-3H3,(H,26,29). The van der Waals surface area contributed by atoms with Gasteiger partial charge in [-0.3, -0.25) is 14.4 Å². The number of hydrogen-bond acceptors (Lipinski definition) is 3. The zero-order chi connectivity index (χ0) is 22.5. The van der Waals surface area contributed by atoms with Crippen molar-refractivity contribution in [2.45, 2.75) is 26.8 Å². The molecule has 1 aliphatic rings. The van der Waals surface area contributed by atoms with E-state index in [1.165, 1.54) is 0 Å². The van der Waals surface area contributed by atoms with E-state index < -0.39 is 6.04 Å². The fourth-order valence-corrected chi connectivity index (χ4v) is 3.79. The molecule has 3 amide bonds. The van der Waals surface area contributed by atoms with Gasteiger partial charge in [-0.1, -0.05) is 43.6 Å². The first-order valence-corrected chi connectivity index (χ1v) is 10.9. The van der Waals surface area contributed by atoms with Crippen LogP contribution in [0, 0.1) is 12.8 Å². The van der Waals surface area contributed by atoms with E-state index in [4.69, 9.17) is 11.6 Å². The number of piperazine rings is 1. The second-order valence-corrected chi connectivity index (χ2v) is 8.57. The first-order chi connectivity index (χ1) is 14.8. The summed E-state index contributed by atoms with van der Waals surface area (Å²) in [5.41, 5.74) is 2.01. The van der Waals surface area contributed by atoms with Crippen LogP contribution in [0.5, 0.6) is 0 Å². The van der Waals surface area contributed by atoms with Crippen molar-refractivity contribution in [1.29, 1.82) is 0 Å². The van der Waals surface area contributed by atoms with Crippen molar-refractivity contribution < 1.29 is 14.4 Å². The largest absolute Gasteiger partial charge is 0.340 e. The first kappa shape index (κ1) is 22.8. The van der Waals surface area contributed by atoms with Gasteiger partial charge in [0, 0.05) is 42.3 Å². The molecule has 1 N–H and O–H groups in total. The summed E-state index contributed by atoms with van der Waals surface area (Å²) in [6, 6.07) is 13.5. The average molecular weight is 442 g/mol. The molecule has 2 aromatic rings. The molecular weight excluding hydrogens is 414 g/mol. The van der Waals surface area contributed by atoms with Crippen LogP contribution in [0.4, 0.5) is 0 Å². The van der Waals surface area contributed by atoms with Crippen molar-refractivity contribution in [3.8, 4) is 0 Å². The first-order valence-electron chi connectivity index (χ1n) is 10.5. The maximum Gasteiger partial charge on any atom is 0.253 e. The van der Waals surface area contributed by atoms with Gasteiger partial charge in [-0.2, -0.15) is 0 Å². The fraction of sp³-hybridized carbons (Fsp3) is 0.375. The fourth-order valence-electron chi connectivity index (χ4n) is 3.66.